The Morgan fingerprint density at radius 3 is 2.91 bits per heavy atom. The molecule has 1 saturated heterocycles. The van der Waals surface area contributed by atoms with Crippen LogP contribution in [0.3, 0.4) is 0 Å². The lowest BCUT2D eigenvalue weighted by Crippen LogP contribution is -2.16. The van der Waals surface area contributed by atoms with Gasteiger partial charge in [-0.3, -0.25) is 0 Å². The van der Waals surface area contributed by atoms with E-state index in [0.717, 1.165) is 42.9 Å². The average Bonchev–Trinajstić information content (AvgIpc) is 3.14. The number of hydrogen-bond donors (Lipinski definition) is 0. The molecule has 1 fully saturated rings. The van der Waals surface area contributed by atoms with E-state index in [9.17, 15) is 4.79 Å². The van der Waals surface area contributed by atoms with Crippen molar-refractivity contribution in [2.24, 2.45) is 0 Å². The molecule has 1 atom stereocenters. The Labute approximate surface area is 135 Å². The predicted octanol–water partition coefficient (Wildman–Crippen LogP) is 2.26. The smallest absolute Gasteiger partial charge is 0.349 e. The second kappa shape index (κ2) is 7.62. The summed E-state index contributed by atoms with van der Waals surface area (Å²) in [6.45, 7) is 5.14. The summed E-state index contributed by atoms with van der Waals surface area (Å²) in [5.41, 5.74) is 2.70. The maximum atomic E-state index is 11.7. The Bertz CT molecular complexity index is 698. The summed E-state index contributed by atoms with van der Waals surface area (Å²) < 4.78 is 12.5. The number of hydrogen-bond acceptors (Lipinski definition) is 5. The van der Waals surface area contributed by atoms with Crippen molar-refractivity contribution in [3.8, 4) is 12.1 Å². The Balaban J connectivity index is 2.22. The first kappa shape index (κ1) is 16.8. The van der Waals surface area contributed by atoms with Gasteiger partial charge in [0.1, 0.15) is 17.7 Å². The van der Waals surface area contributed by atoms with E-state index < -0.39 is 5.97 Å². The number of aryl methyl sites for hydroxylation is 1. The van der Waals surface area contributed by atoms with Gasteiger partial charge in [-0.25, -0.2) is 4.79 Å². The highest BCUT2D eigenvalue weighted by atomic mass is 16.5. The molecule has 0 unspecified atom stereocenters. The van der Waals surface area contributed by atoms with Crippen LogP contribution in [-0.4, -0.2) is 29.9 Å². The third-order valence-electron chi connectivity index (χ3n) is 3.93. The first-order valence-corrected chi connectivity index (χ1v) is 7.51. The molecule has 1 aliphatic rings. The maximum absolute atomic E-state index is 11.7. The Kier molecular flexibility index (Phi) is 5.56. The second-order valence-electron chi connectivity index (χ2n) is 5.48. The molecule has 6 heteroatoms. The molecular weight excluding hydrogens is 294 g/mol. The molecule has 120 valence electrons. The van der Waals surface area contributed by atoms with E-state index in [1.54, 1.807) is 6.07 Å². The number of rotatable bonds is 5. The van der Waals surface area contributed by atoms with Crippen LogP contribution in [0.15, 0.2) is 11.6 Å². The van der Waals surface area contributed by atoms with Crippen LogP contribution in [0.1, 0.15) is 29.8 Å². The number of esters is 1. The SMILES string of the molecule is Cc1cc(/C=C(\C#N)C(=O)OCC#N)c(C)n1C[C@@H]1CCCO1. The van der Waals surface area contributed by atoms with Crippen molar-refractivity contribution in [2.45, 2.75) is 39.3 Å². The third kappa shape index (κ3) is 4.00. The van der Waals surface area contributed by atoms with Crippen molar-refractivity contribution in [2.75, 3.05) is 13.2 Å². The molecule has 23 heavy (non-hydrogen) atoms. The molecule has 0 N–H and O–H groups in total. The van der Waals surface area contributed by atoms with Gasteiger partial charge in [-0.05, 0) is 44.4 Å². The summed E-state index contributed by atoms with van der Waals surface area (Å²) in [4.78, 5) is 11.7. The molecule has 0 aromatic carbocycles. The van der Waals surface area contributed by atoms with E-state index in [1.807, 2.05) is 26.0 Å². The van der Waals surface area contributed by atoms with Gasteiger partial charge >= 0.3 is 5.97 Å². The van der Waals surface area contributed by atoms with E-state index in [-0.39, 0.29) is 18.3 Å². The van der Waals surface area contributed by atoms with Crippen molar-refractivity contribution in [1.82, 2.24) is 4.57 Å². The number of aromatic nitrogens is 1. The normalized spacial score (nSPS) is 17.6. The van der Waals surface area contributed by atoms with Gasteiger partial charge in [0.05, 0.1) is 6.10 Å². The topological polar surface area (TPSA) is 88.0 Å². The standard InChI is InChI=1S/C17H19N3O3/c1-12-8-14(9-15(10-19)17(21)23-7-5-18)13(2)20(12)11-16-4-3-6-22-16/h8-9,16H,3-4,6-7,11H2,1-2H3/b15-9+/t16-/m0/s1. The molecule has 0 radical (unpaired) electrons. The molecule has 1 aromatic rings. The van der Waals surface area contributed by atoms with Crippen molar-refractivity contribution >= 4 is 12.0 Å². The molecule has 0 amide bonds. The first-order chi connectivity index (χ1) is 11.1. The van der Waals surface area contributed by atoms with E-state index in [1.165, 1.54) is 6.08 Å². The minimum Gasteiger partial charge on any atom is -0.446 e. The lowest BCUT2D eigenvalue weighted by Gasteiger charge is -2.14. The Morgan fingerprint density at radius 2 is 2.30 bits per heavy atom. The van der Waals surface area contributed by atoms with E-state index in [2.05, 4.69) is 9.30 Å². The van der Waals surface area contributed by atoms with Gasteiger partial charge in [0, 0.05) is 24.5 Å². The number of nitrogens with zero attached hydrogens (tertiary/aromatic N) is 3. The van der Waals surface area contributed by atoms with Crippen molar-refractivity contribution in [3.05, 3.63) is 28.6 Å². The van der Waals surface area contributed by atoms with E-state index >= 15 is 0 Å². The van der Waals surface area contributed by atoms with E-state index in [4.69, 9.17) is 15.3 Å². The summed E-state index contributed by atoms with van der Waals surface area (Å²) in [5, 5.41) is 17.6. The Hall–Kier alpha value is -2.57. The number of carbonyl (C=O) groups is 1. The first-order valence-electron chi connectivity index (χ1n) is 7.51. The molecule has 2 rings (SSSR count). The molecule has 1 aliphatic heterocycles. The molecule has 0 bridgehead atoms. The van der Waals surface area contributed by atoms with Gasteiger partial charge in [0.25, 0.3) is 0 Å². The summed E-state index contributed by atoms with van der Waals surface area (Å²) in [7, 11) is 0. The minimum absolute atomic E-state index is 0.113. The van der Waals surface area contributed by atoms with Crippen LogP contribution < -0.4 is 0 Å². The quantitative estimate of drug-likeness (QED) is 0.472. The fourth-order valence-electron chi connectivity index (χ4n) is 2.71. The van der Waals surface area contributed by atoms with Crippen LogP contribution in [-0.2, 0) is 20.8 Å². The number of ether oxygens (including phenoxy) is 2. The van der Waals surface area contributed by atoms with Crippen LogP contribution in [0.2, 0.25) is 0 Å². The molecule has 6 nitrogen and oxygen atoms in total. The van der Waals surface area contributed by atoms with Crippen molar-refractivity contribution in [3.63, 3.8) is 0 Å². The molecule has 0 aliphatic carbocycles. The Morgan fingerprint density at radius 1 is 1.52 bits per heavy atom. The lowest BCUT2D eigenvalue weighted by molar-refractivity contribution is -0.137. The predicted molar refractivity (Wildman–Crippen MR) is 83.0 cm³/mol. The fraction of sp³-hybridized carbons (Fsp3) is 0.471. The van der Waals surface area contributed by atoms with E-state index in [0.29, 0.717) is 0 Å². The van der Waals surface area contributed by atoms with Gasteiger partial charge < -0.3 is 14.0 Å². The number of nitriles is 2. The molecule has 0 spiro atoms. The lowest BCUT2D eigenvalue weighted by atomic mass is 10.1. The highest BCUT2D eigenvalue weighted by molar-refractivity contribution is 5.98. The molecule has 0 saturated carbocycles. The zero-order valence-corrected chi connectivity index (χ0v) is 13.3. The minimum atomic E-state index is -0.780. The zero-order chi connectivity index (χ0) is 16.8. The average molecular weight is 313 g/mol. The summed E-state index contributed by atoms with van der Waals surface area (Å²) in [5.74, 6) is -0.780. The van der Waals surface area contributed by atoms with Gasteiger partial charge in [-0.15, -0.1) is 0 Å². The number of carbonyl (C=O) groups excluding carboxylic acids is 1. The van der Waals surface area contributed by atoms with Crippen LogP contribution in [0, 0.1) is 36.5 Å². The molecule has 2 heterocycles. The third-order valence-corrected chi connectivity index (χ3v) is 3.93. The highest BCUT2D eigenvalue weighted by Crippen LogP contribution is 2.22. The van der Waals surface area contributed by atoms with Crippen LogP contribution >= 0.6 is 0 Å². The van der Waals surface area contributed by atoms with Crippen molar-refractivity contribution < 1.29 is 14.3 Å². The fourth-order valence-corrected chi connectivity index (χ4v) is 2.71. The van der Waals surface area contributed by atoms with Gasteiger partial charge in [-0.1, -0.05) is 0 Å². The largest absolute Gasteiger partial charge is 0.446 e. The summed E-state index contributed by atoms with van der Waals surface area (Å²) in [6, 6.07) is 5.47. The monoisotopic (exact) mass is 313 g/mol. The zero-order valence-electron chi connectivity index (χ0n) is 13.3. The van der Waals surface area contributed by atoms with Crippen molar-refractivity contribution in [1.29, 1.82) is 10.5 Å². The van der Waals surface area contributed by atoms with Gasteiger partial charge in [0.2, 0.25) is 0 Å². The summed E-state index contributed by atoms with van der Waals surface area (Å²) >= 11 is 0. The van der Waals surface area contributed by atoms with Crippen LogP contribution in [0.5, 0.6) is 0 Å². The van der Waals surface area contributed by atoms with Gasteiger partial charge in [-0.2, -0.15) is 10.5 Å². The molecular formula is C17H19N3O3. The maximum Gasteiger partial charge on any atom is 0.349 e. The van der Waals surface area contributed by atoms with Crippen LogP contribution in [0.25, 0.3) is 6.08 Å². The second-order valence-corrected chi connectivity index (χ2v) is 5.48. The van der Waals surface area contributed by atoms with Crippen LogP contribution in [0.4, 0.5) is 0 Å². The highest BCUT2D eigenvalue weighted by Gasteiger charge is 2.19. The molecule has 1 aromatic heterocycles. The summed E-state index contributed by atoms with van der Waals surface area (Å²) in [6.07, 6.45) is 3.85. The van der Waals surface area contributed by atoms with Gasteiger partial charge in [0.15, 0.2) is 6.61 Å².